The van der Waals surface area contributed by atoms with Crippen LogP contribution in [-0.2, 0) is 0 Å². The molecule has 2 aromatic heterocycles. The van der Waals surface area contributed by atoms with E-state index in [0.29, 0.717) is 11.8 Å². The summed E-state index contributed by atoms with van der Waals surface area (Å²) in [4.78, 5) is 13.1. The molecule has 32 heavy (non-hydrogen) atoms. The first-order valence-corrected chi connectivity index (χ1v) is 11.7. The van der Waals surface area contributed by atoms with E-state index in [1.807, 2.05) is 30.5 Å². The topological polar surface area (TPSA) is 50.7 Å². The second-order valence-electron chi connectivity index (χ2n) is 8.92. The largest absolute Gasteiger partial charge is 0.367 e. The van der Waals surface area contributed by atoms with Crippen LogP contribution < -0.4 is 5.32 Å². The second kappa shape index (κ2) is 8.99. The Hall–Kier alpha value is -2.79. The standard InChI is InChI=1S/C26H26ClFN4/c1-16(30-25-21-4-2-3-5-24(21)31-26(27)32-25)14-17-6-8-18(9-7-17)20-12-13-29-23-11-10-19(28)15-22(20)23/h2-5,10-13,15-18H,6-9,14H2,1H3,(H,30,31,32)/t16-,17-,18+/m1/s1. The maximum atomic E-state index is 13.8. The Balaban J connectivity index is 1.24. The van der Waals surface area contributed by atoms with E-state index >= 15 is 0 Å². The van der Waals surface area contributed by atoms with Gasteiger partial charge in [0.2, 0.25) is 5.28 Å². The van der Waals surface area contributed by atoms with Gasteiger partial charge in [-0.05, 0) is 104 Å². The second-order valence-corrected chi connectivity index (χ2v) is 9.26. The number of anilines is 1. The Morgan fingerprint density at radius 1 is 1.00 bits per heavy atom. The number of hydrogen-bond donors (Lipinski definition) is 1. The minimum Gasteiger partial charge on any atom is -0.367 e. The van der Waals surface area contributed by atoms with Gasteiger partial charge in [-0.1, -0.05) is 12.1 Å². The van der Waals surface area contributed by atoms with Crippen molar-refractivity contribution in [3.8, 4) is 0 Å². The highest BCUT2D eigenvalue weighted by atomic mass is 35.5. The maximum absolute atomic E-state index is 13.8. The number of rotatable bonds is 5. The fourth-order valence-electron chi connectivity index (χ4n) is 5.16. The zero-order chi connectivity index (χ0) is 22.1. The Labute approximate surface area is 192 Å². The van der Waals surface area contributed by atoms with E-state index in [0.717, 1.165) is 46.9 Å². The van der Waals surface area contributed by atoms with E-state index in [-0.39, 0.29) is 17.1 Å². The van der Waals surface area contributed by atoms with Crippen LogP contribution in [0, 0.1) is 11.7 Å². The molecule has 1 aliphatic rings. The summed E-state index contributed by atoms with van der Waals surface area (Å²) in [5.41, 5.74) is 2.96. The van der Waals surface area contributed by atoms with Crippen LogP contribution in [0.1, 0.15) is 50.5 Å². The van der Waals surface area contributed by atoms with Gasteiger partial charge >= 0.3 is 0 Å². The summed E-state index contributed by atoms with van der Waals surface area (Å²) in [7, 11) is 0. The highest BCUT2D eigenvalue weighted by Gasteiger charge is 2.25. The molecule has 0 amide bonds. The molecule has 164 valence electrons. The van der Waals surface area contributed by atoms with Gasteiger partial charge in [0.1, 0.15) is 11.6 Å². The highest BCUT2D eigenvalue weighted by Crippen LogP contribution is 2.40. The summed E-state index contributed by atoms with van der Waals surface area (Å²) >= 11 is 6.13. The van der Waals surface area contributed by atoms with Gasteiger partial charge < -0.3 is 5.32 Å². The van der Waals surface area contributed by atoms with Crippen LogP contribution in [0.15, 0.2) is 54.7 Å². The van der Waals surface area contributed by atoms with Crippen molar-refractivity contribution in [3.05, 3.63) is 71.4 Å². The number of halogens is 2. The van der Waals surface area contributed by atoms with E-state index in [1.165, 1.54) is 24.5 Å². The summed E-state index contributed by atoms with van der Waals surface area (Å²) in [6, 6.07) is 15.2. The van der Waals surface area contributed by atoms with Gasteiger partial charge in [0.25, 0.3) is 0 Å². The number of nitrogens with zero attached hydrogens (tertiary/aromatic N) is 3. The van der Waals surface area contributed by atoms with E-state index < -0.39 is 0 Å². The van der Waals surface area contributed by atoms with Crippen molar-refractivity contribution >= 4 is 39.2 Å². The van der Waals surface area contributed by atoms with Crippen molar-refractivity contribution < 1.29 is 4.39 Å². The van der Waals surface area contributed by atoms with E-state index in [9.17, 15) is 4.39 Å². The number of aromatic nitrogens is 3. The molecule has 0 saturated heterocycles. The van der Waals surface area contributed by atoms with Crippen molar-refractivity contribution in [2.24, 2.45) is 5.92 Å². The fourth-order valence-corrected chi connectivity index (χ4v) is 5.33. The summed E-state index contributed by atoms with van der Waals surface area (Å²) in [5, 5.41) is 5.77. The monoisotopic (exact) mass is 448 g/mol. The molecule has 0 unspecified atom stereocenters. The molecule has 0 spiro atoms. The van der Waals surface area contributed by atoms with Crippen LogP contribution in [0.3, 0.4) is 0 Å². The van der Waals surface area contributed by atoms with Crippen LogP contribution in [0.5, 0.6) is 0 Å². The molecule has 4 aromatic rings. The number of benzene rings is 2. The van der Waals surface area contributed by atoms with Crippen LogP contribution in [0.25, 0.3) is 21.8 Å². The highest BCUT2D eigenvalue weighted by molar-refractivity contribution is 6.28. The van der Waals surface area contributed by atoms with Gasteiger partial charge in [-0.25, -0.2) is 14.4 Å². The molecule has 1 N–H and O–H groups in total. The summed E-state index contributed by atoms with van der Waals surface area (Å²) in [5.74, 6) is 1.72. The Morgan fingerprint density at radius 2 is 1.81 bits per heavy atom. The molecule has 0 aliphatic heterocycles. The third-order valence-corrected chi connectivity index (χ3v) is 6.84. The average molecular weight is 449 g/mol. The molecule has 2 heterocycles. The van der Waals surface area contributed by atoms with Crippen molar-refractivity contribution in [2.75, 3.05) is 5.32 Å². The average Bonchev–Trinajstić information content (AvgIpc) is 2.79. The summed E-state index contributed by atoms with van der Waals surface area (Å²) in [6.45, 7) is 2.20. The first kappa shape index (κ1) is 21.1. The van der Waals surface area contributed by atoms with Gasteiger partial charge in [-0.15, -0.1) is 0 Å². The fraction of sp³-hybridized carbons (Fsp3) is 0.346. The van der Waals surface area contributed by atoms with Gasteiger partial charge in [0, 0.05) is 23.0 Å². The molecular formula is C26H26ClFN4. The summed E-state index contributed by atoms with van der Waals surface area (Å²) < 4.78 is 13.8. The van der Waals surface area contributed by atoms with Crippen molar-refractivity contribution in [1.82, 2.24) is 15.0 Å². The molecular weight excluding hydrogens is 423 g/mol. The first-order valence-electron chi connectivity index (χ1n) is 11.3. The SMILES string of the molecule is C[C@H](C[C@H]1CC[C@@H](c2ccnc3ccc(F)cc32)CC1)Nc1nc(Cl)nc2ccccc12. The molecule has 1 atom stereocenters. The molecule has 1 aliphatic carbocycles. The third kappa shape index (κ3) is 4.40. The molecule has 0 bridgehead atoms. The zero-order valence-corrected chi connectivity index (χ0v) is 18.8. The normalized spacial score (nSPS) is 19.8. The molecule has 6 heteroatoms. The van der Waals surface area contributed by atoms with Crippen molar-refractivity contribution in [2.45, 2.75) is 51.0 Å². The lowest BCUT2D eigenvalue weighted by atomic mass is 9.76. The van der Waals surface area contributed by atoms with Crippen molar-refractivity contribution in [3.63, 3.8) is 0 Å². The summed E-state index contributed by atoms with van der Waals surface area (Å²) in [6.07, 6.45) is 7.51. The minimum atomic E-state index is -0.197. The molecule has 5 rings (SSSR count). The lowest BCUT2D eigenvalue weighted by Gasteiger charge is -2.31. The molecule has 0 radical (unpaired) electrons. The number of pyridine rings is 1. The van der Waals surface area contributed by atoms with Gasteiger partial charge in [-0.2, -0.15) is 0 Å². The van der Waals surface area contributed by atoms with Gasteiger partial charge in [0.05, 0.1) is 11.0 Å². The van der Waals surface area contributed by atoms with E-state index in [4.69, 9.17) is 11.6 Å². The maximum Gasteiger partial charge on any atom is 0.224 e. The third-order valence-electron chi connectivity index (χ3n) is 6.67. The van der Waals surface area contributed by atoms with E-state index in [1.54, 1.807) is 12.1 Å². The Bertz CT molecular complexity index is 1250. The van der Waals surface area contributed by atoms with E-state index in [2.05, 4.69) is 33.3 Å². The molecule has 2 aromatic carbocycles. The molecule has 1 saturated carbocycles. The van der Waals surface area contributed by atoms with Gasteiger partial charge in [-0.3, -0.25) is 4.98 Å². The first-order chi connectivity index (χ1) is 15.6. The quantitative estimate of drug-likeness (QED) is 0.330. The molecule has 4 nitrogen and oxygen atoms in total. The number of nitrogens with one attached hydrogen (secondary N) is 1. The van der Waals surface area contributed by atoms with Crippen LogP contribution in [0.4, 0.5) is 10.2 Å². The molecule has 1 fully saturated rings. The van der Waals surface area contributed by atoms with Crippen LogP contribution >= 0.6 is 11.6 Å². The van der Waals surface area contributed by atoms with Crippen LogP contribution in [-0.4, -0.2) is 21.0 Å². The number of para-hydroxylation sites is 1. The van der Waals surface area contributed by atoms with Crippen LogP contribution in [0.2, 0.25) is 5.28 Å². The Kier molecular flexibility index (Phi) is 5.92. The lowest BCUT2D eigenvalue weighted by Crippen LogP contribution is -2.23. The number of hydrogen-bond acceptors (Lipinski definition) is 4. The van der Waals surface area contributed by atoms with Crippen molar-refractivity contribution in [1.29, 1.82) is 0 Å². The minimum absolute atomic E-state index is 0.197. The van der Waals surface area contributed by atoms with Gasteiger partial charge in [0.15, 0.2) is 0 Å². The number of fused-ring (bicyclic) bond motifs is 2. The lowest BCUT2D eigenvalue weighted by molar-refractivity contribution is 0.302. The zero-order valence-electron chi connectivity index (χ0n) is 18.1. The predicted molar refractivity (Wildman–Crippen MR) is 129 cm³/mol. The smallest absolute Gasteiger partial charge is 0.224 e. The predicted octanol–water partition coefficient (Wildman–Crippen LogP) is 7.14. The Morgan fingerprint density at radius 3 is 2.66 bits per heavy atom.